The second-order valence-electron chi connectivity index (χ2n) is 9.38. The van der Waals surface area contributed by atoms with Crippen LogP contribution in [0.5, 0.6) is 0 Å². The lowest BCUT2D eigenvalue weighted by Gasteiger charge is -2.27. The van der Waals surface area contributed by atoms with E-state index in [-0.39, 0.29) is 10.9 Å². The average Bonchev–Trinajstić information content (AvgIpc) is 3.69. The number of carbonyl (C=O) groups excluding carboxylic acids is 2. The molecule has 0 unspecified atom stereocenters. The highest BCUT2D eigenvalue weighted by Gasteiger charge is 2.35. The number of hydrogen-bond donors (Lipinski definition) is 1. The smallest absolute Gasteiger partial charge is 0.341 e. The SMILES string of the molecule is COC(=O)c1c(NC(=O)c2ccc(S(=O)(=O)N(C)C3CC3)cc2)sc2c1CCN(Cc1ccccc1)C2. The summed E-state index contributed by atoms with van der Waals surface area (Å²) in [7, 11) is -0.672. The number of benzene rings is 2. The van der Waals surface area contributed by atoms with E-state index in [2.05, 4.69) is 22.3 Å². The van der Waals surface area contributed by atoms with Crippen LogP contribution >= 0.6 is 11.3 Å². The van der Waals surface area contributed by atoms with E-state index in [9.17, 15) is 18.0 Å². The van der Waals surface area contributed by atoms with Crippen LogP contribution in [-0.2, 0) is 34.3 Å². The summed E-state index contributed by atoms with van der Waals surface area (Å²) in [5.74, 6) is -0.891. The van der Waals surface area contributed by atoms with Crippen molar-refractivity contribution in [3.63, 3.8) is 0 Å². The summed E-state index contributed by atoms with van der Waals surface area (Å²) in [6.07, 6.45) is 2.42. The Morgan fingerprint density at radius 1 is 1.11 bits per heavy atom. The quantitative estimate of drug-likeness (QED) is 0.433. The van der Waals surface area contributed by atoms with Gasteiger partial charge in [0.25, 0.3) is 5.91 Å². The molecule has 0 atom stereocenters. The molecule has 5 rings (SSSR count). The number of rotatable bonds is 8. The molecule has 1 amide bonds. The van der Waals surface area contributed by atoms with Crippen LogP contribution < -0.4 is 5.32 Å². The van der Waals surface area contributed by atoms with E-state index in [4.69, 9.17) is 4.74 Å². The normalized spacial score (nSPS) is 15.9. The monoisotopic (exact) mass is 539 g/mol. The fourth-order valence-electron chi connectivity index (χ4n) is 4.59. The molecule has 1 N–H and O–H groups in total. The lowest BCUT2D eigenvalue weighted by molar-refractivity contribution is 0.0600. The van der Waals surface area contributed by atoms with Gasteiger partial charge in [0.1, 0.15) is 5.00 Å². The molecular weight excluding hydrogens is 510 g/mol. The van der Waals surface area contributed by atoms with E-state index in [1.165, 1.54) is 52.6 Å². The van der Waals surface area contributed by atoms with E-state index in [0.29, 0.717) is 29.1 Å². The molecule has 0 spiro atoms. The van der Waals surface area contributed by atoms with Crippen molar-refractivity contribution in [3.05, 3.63) is 81.7 Å². The number of anilines is 1. The maximum Gasteiger partial charge on any atom is 0.341 e. The molecule has 1 aliphatic heterocycles. The highest BCUT2D eigenvalue weighted by atomic mass is 32.2. The van der Waals surface area contributed by atoms with E-state index < -0.39 is 21.9 Å². The van der Waals surface area contributed by atoms with Gasteiger partial charge >= 0.3 is 5.97 Å². The minimum absolute atomic E-state index is 0.0539. The number of esters is 1. The molecule has 2 heterocycles. The number of fused-ring (bicyclic) bond motifs is 1. The molecule has 37 heavy (non-hydrogen) atoms. The Hall–Kier alpha value is -3.05. The first kappa shape index (κ1) is 25.6. The maximum atomic E-state index is 13.1. The first-order valence-electron chi connectivity index (χ1n) is 12.2. The standard InChI is InChI=1S/C27H29N3O5S2/c1-29(20-10-11-20)37(33,34)21-12-8-19(9-13-21)25(31)28-26-24(27(32)35-2)22-14-15-30(17-23(22)36-26)16-18-6-4-3-5-7-18/h3-9,12-13,20H,10-11,14-17H2,1-2H3,(H,28,31). The highest BCUT2D eigenvalue weighted by molar-refractivity contribution is 7.89. The van der Waals surface area contributed by atoms with Gasteiger partial charge in [-0.2, -0.15) is 4.31 Å². The Balaban J connectivity index is 1.34. The second-order valence-corrected chi connectivity index (χ2v) is 12.5. The van der Waals surface area contributed by atoms with Crippen LogP contribution in [0, 0.1) is 0 Å². The summed E-state index contributed by atoms with van der Waals surface area (Å²) in [6, 6.07) is 16.2. The molecule has 10 heteroatoms. The third-order valence-corrected chi connectivity index (χ3v) is 9.91. The largest absolute Gasteiger partial charge is 0.465 e. The molecule has 8 nitrogen and oxygen atoms in total. The van der Waals surface area contributed by atoms with E-state index in [1.54, 1.807) is 7.05 Å². The summed E-state index contributed by atoms with van der Waals surface area (Å²) in [5.41, 5.74) is 2.85. The number of carbonyl (C=O) groups is 2. The Bertz CT molecular complexity index is 1410. The van der Waals surface area contributed by atoms with Crippen molar-refractivity contribution in [2.45, 2.75) is 43.3 Å². The van der Waals surface area contributed by atoms with Crippen molar-refractivity contribution in [1.29, 1.82) is 0 Å². The van der Waals surface area contributed by atoms with Gasteiger partial charge in [0.2, 0.25) is 10.0 Å². The van der Waals surface area contributed by atoms with Crippen LogP contribution in [0.15, 0.2) is 59.5 Å². The molecule has 0 radical (unpaired) electrons. The lowest BCUT2D eigenvalue weighted by Crippen LogP contribution is -2.29. The van der Waals surface area contributed by atoms with E-state index in [1.807, 2.05) is 18.2 Å². The number of methoxy groups -OCH3 is 1. The van der Waals surface area contributed by atoms with Crippen LogP contribution in [0.25, 0.3) is 0 Å². The number of thiophene rings is 1. The Kier molecular flexibility index (Phi) is 7.17. The third kappa shape index (κ3) is 5.33. The Morgan fingerprint density at radius 3 is 2.46 bits per heavy atom. The van der Waals surface area contributed by atoms with Gasteiger partial charge in [-0.05, 0) is 54.7 Å². The van der Waals surface area contributed by atoms with Gasteiger partial charge in [0, 0.05) is 43.2 Å². The molecule has 2 aliphatic rings. The number of nitrogens with one attached hydrogen (secondary N) is 1. The van der Waals surface area contributed by atoms with Crippen molar-refractivity contribution in [2.24, 2.45) is 0 Å². The summed E-state index contributed by atoms with van der Waals surface area (Å²) in [4.78, 5) is 29.3. The summed E-state index contributed by atoms with van der Waals surface area (Å²) in [6.45, 7) is 2.27. The molecule has 1 aliphatic carbocycles. The number of nitrogens with zero attached hydrogens (tertiary/aromatic N) is 2. The first-order chi connectivity index (χ1) is 17.8. The predicted molar refractivity (Wildman–Crippen MR) is 142 cm³/mol. The first-order valence-corrected chi connectivity index (χ1v) is 14.4. The van der Waals surface area contributed by atoms with Gasteiger partial charge in [0.05, 0.1) is 17.6 Å². The third-order valence-electron chi connectivity index (χ3n) is 6.86. The van der Waals surface area contributed by atoms with Crippen molar-refractivity contribution in [2.75, 3.05) is 26.0 Å². The molecule has 0 bridgehead atoms. The van der Waals surface area contributed by atoms with E-state index in [0.717, 1.165) is 36.4 Å². The highest BCUT2D eigenvalue weighted by Crippen LogP contribution is 2.38. The van der Waals surface area contributed by atoms with Crippen LogP contribution in [-0.4, -0.2) is 56.2 Å². The van der Waals surface area contributed by atoms with Crippen molar-refractivity contribution < 1.29 is 22.7 Å². The zero-order chi connectivity index (χ0) is 26.2. The molecule has 1 fully saturated rings. The van der Waals surface area contributed by atoms with Gasteiger partial charge in [-0.1, -0.05) is 30.3 Å². The molecule has 0 saturated heterocycles. The minimum atomic E-state index is -3.59. The topological polar surface area (TPSA) is 96.0 Å². The zero-order valence-electron chi connectivity index (χ0n) is 20.8. The summed E-state index contributed by atoms with van der Waals surface area (Å²) < 4.78 is 32.0. The van der Waals surface area contributed by atoms with Crippen LogP contribution in [0.3, 0.4) is 0 Å². The number of ether oxygens (including phenoxy) is 1. The van der Waals surface area contributed by atoms with Crippen molar-refractivity contribution in [3.8, 4) is 0 Å². The molecule has 2 aromatic carbocycles. The minimum Gasteiger partial charge on any atom is -0.465 e. The van der Waals surface area contributed by atoms with Crippen LogP contribution in [0.2, 0.25) is 0 Å². The van der Waals surface area contributed by atoms with Gasteiger partial charge in [-0.25, -0.2) is 13.2 Å². The molecule has 3 aromatic rings. The van der Waals surface area contributed by atoms with Crippen LogP contribution in [0.4, 0.5) is 5.00 Å². The summed E-state index contributed by atoms with van der Waals surface area (Å²) >= 11 is 1.39. The molecular formula is C27H29N3O5S2. The maximum absolute atomic E-state index is 13.1. The Labute approximate surface area is 220 Å². The predicted octanol–water partition coefficient (Wildman–Crippen LogP) is 4.13. The van der Waals surface area contributed by atoms with Gasteiger partial charge in [-0.15, -0.1) is 11.3 Å². The van der Waals surface area contributed by atoms with Gasteiger partial charge in [-0.3, -0.25) is 9.69 Å². The van der Waals surface area contributed by atoms with Gasteiger partial charge < -0.3 is 10.1 Å². The summed E-state index contributed by atoms with van der Waals surface area (Å²) in [5, 5.41) is 3.33. The van der Waals surface area contributed by atoms with Crippen molar-refractivity contribution in [1.82, 2.24) is 9.21 Å². The average molecular weight is 540 g/mol. The molecule has 1 aromatic heterocycles. The van der Waals surface area contributed by atoms with Crippen molar-refractivity contribution >= 4 is 38.2 Å². The van der Waals surface area contributed by atoms with E-state index >= 15 is 0 Å². The Morgan fingerprint density at radius 2 is 1.81 bits per heavy atom. The number of hydrogen-bond acceptors (Lipinski definition) is 7. The molecule has 1 saturated carbocycles. The number of amides is 1. The zero-order valence-corrected chi connectivity index (χ0v) is 22.4. The number of sulfonamides is 1. The van der Waals surface area contributed by atoms with Gasteiger partial charge in [0.15, 0.2) is 0 Å². The lowest BCUT2D eigenvalue weighted by atomic mass is 10.0. The molecule has 194 valence electrons. The fourth-order valence-corrected chi connectivity index (χ4v) is 7.28. The fraction of sp³-hybridized carbons (Fsp3) is 0.333. The van der Waals surface area contributed by atoms with Crippen LogP contribution in [0.1, 0.15) is 49.6 Å². The second kappa shape index (κ2) is 10.4.